The zero-order chi connectivity index (χ0) is 28.8. The Morgan fingerprint density at radius 2 is 1.67 bits per heavy atom. The normalized spacial score (nSPS) is 17.8. The first-order chi connectivity index (χ1) is 18.2. The van der Waals surface area contributed by atoms with Crippen molar-refractivity contribution in [1.82, 2.24) is 10.2 Å². The van der Waals surface area contributed by atoms with Crippen LogP contribution in [0.3, 0.4) is 0 Å². The summed E-state index contributed by atoms with van der Waals surface area (Å²) in [6, 6.07) is 7.93. The van der Waals surface area contributed by atoms with E-state index < -0.39 is 12.3 Å². The van der Waals surface area contributed by atoms with E-state index >= 15 is 0 Å². The predicted molar refractivity (Wildman–Crippen MR) is 142 cm³/mol. The van der Waals surface area contributed by atoms with Crippen molar-refractivity contribution >= 4 is 34.9 Å². The van der Waals surface area contributed by atoms with Gasteiger partial charge in [-0.25, -0.2) is 4.79 Å². The van der Waals surface area contributed by atoms with E-state index in [0.29, 0.717) is 16.5 Å². The molecule has 1 heterocycles. The number of carbonyl (C=O) groups is 3. The third kappa shape index (κ3) is 9.45. The maximum Gasteiger partial charge on any atom is 0.573 e. The summed E-state index contributed by atoms with van der Waals surface area (Å²) in [6.45, 7) is 6.90. The summed E-state index contributed by atoms with van der Waals surface area (Å²) in [4.78, 5) is 39.4. The number of anilines is 1. The van der Waals surface area contributed by atoms with E-state index in [2.05, 4.69) is 36.1 Å². The van der Waals surface area contributed by atoms with Crippen molar-refractivity contribution in [2.45, 2.75) is 71.8 Å². The Kier molecular flexibility index (Phi) is 9.87. The van der Waals surface area contributed by atoms with Gasteiger partial charge in [-0.1, -0.05) is 20.8 Å². The third-order valence-electron chi connectivity index (χ3n) is 6.80. The molecular weight excluding hydrogens is 535 g/mol. The van der Waals surface area contributed by atoms with Crippen molar-refractivity contribution in [3.63, 3.8) is 0 Å². The number of carbonyl (C=O) groups excluding carboxylic acids is 2. The molecule has 3 amide bonds. The number of nitrogens with zero attached hydrogens (tertiary/aromatic N) is 1. The van der Waals surface area contributed by atoms with Gasteiger partial charge in [-0.2, -0.15) is 0 Å². The maximum absolute atomic E-state index is 13.4. The molecule has 2 aromatic rings. The quantitative estimate of drug-likeness (QED) is 0.320. The molecule has 3 N–H and O–H groups in total. The van der Waals surface area contributed by atoms with Crippen LogP contribution in [0, 0.1) is 11.3 Å². The molecule has 214 valence electrons. The van der Waals surface area contributed by atoms with E-state index in [1.54, 1.807) is 17.0 Å². The molecule has 3 rings (SSSR count). The molecule has 1 aliphatic carbocycles. The molecule has 12 heteroatoms. The van der Waals surface area contributed by atoms with E-state index in [1.807, 2.05) is 0 Å². The number of ether oxygens (including phenoxy) is 1. The van der Waals surface area contributed by atoms with Crippen LogP contribution in [-0.2, 0) is 11.3 Å². The van der Waals surface area contributed by atoms with Gasteiger partial charge in [0.05, 0.1) is 17.8 Å². The first kappa shape index (κ1) is 30.3. The summed E-state index contributed by atoms with van der Waals surface area (Å²) >= 11 is 1.22. The number of amides is 3. The number of rotatable bonds is 9. The number of carboxylic acid groups (broad SMARTS) is 1. The Hall–Kier alpha value is -3.28. The first-order valence-electron chi connectivity index (χ1n) is 12.7. The van der Waals surface area contributed by atoms with Crippen molar-refractivity contribution in [2.75, 3.05) is 11.9 Å². The number of carboxylic acids is 1. The predicted octanol–water partition coefficient (Wildman–Crippen LogP) is 6.49. The SMILES string of the molecule is CC(C)(C)C1CCC(N(Cc2ccc(C(=O)NCCC(=O)O)s2)C(=O)Nc2ccc(OC(F)(F)F)cc2)CC1. The van der Waals surface area contributed by atoms with Crippen molar-refractivity contribution in [2.24, 2.45) is 11.3 Å². The Labute approximate surface area is 229 Å². The highest BCUT2D eigenvalue weighted by molar-refractivity contribution is 7.14. The fourth-order valence-corrected chi connectivity index (χ4v) is 5.60. The number of halogens is 3. The highest BCUT2D eigenvalue weighted by Crippen LogP contribution is 2.39. The lowest BCUT2D eigenvalue weighted by molar-refractivity contribution is -0.274. The van der Waals surface area contributed by atoms with E-state index in [9.17, 15) is 27.6 Å². The number of hydrogen-bond donors (Lipinski definition) is 3. The van der Waals surface area contributed by atoms with Gasteiger partial charge in [-0.15, -0.1) is 24.5 Å². The second kappa shape index (κ2) is 12.7. The molecule has 1 saturated carbocycles. The van der Waals surface area contributed by atoms with Crippen LogP contribution in [-0.4, -0.2) is 46.9 Å². The van der Waals surface area contributed by atoms with Crippen molar-refractivity contribution in [3.05, 3.63) is 46.2 Å². The fraction of sp³-hybridized carbons (Fsp3) is 0.519. The molecule has 0 bridgehead atoms. The molecule has 0 unspecified atom stereocenters. The molecule has 1 fully saturated rings. The average Bonchev–Trinajstić information content (AvgIpc) is 3.31. The summed E-state index contributed by atoms with van der Waals surface area (Å²) in [5, 5.41) is 14.1. The van der Waals surface area contributed by atoms with Crippen molar-refractivity contribution < 1.29 is 37.4 Å². The standard InChI is InChI=1S/C27H34F3N3O5S/c1-26(2,3)17-4-8-19(9-5-17)33(16-21-12-13-22(39-21)24(36)31-15-14-23(34)35)25(37)32-18-6-10-20(11-7-18)38-27(28,29)30/h6-7,10-13,17,19H,4-5,8-9,14-16H2,1-3H3,(H,31,36)(H,32,37)(H,34,35). The van der Waals surface area contributed by atoms with Crippen LogP contribution in [0.4, 0.5) is 23.7 Å². The lowest BCUT2D eigenvalue weighted by Crippen LogP contribution is -2.45. The number of aliphatic carboxylic acids is 1. The first-order valence-corrected chi connectivity index (χ1v) is 13.5. The Morgan fingerprint density at radius 1 is 1.03 bits per heavy atom. The van der Waals surface area contributed by atoms with Gasteiger partial charge in [0.1, 0.15) is 5.75 Å². The monoisotopic (exact) mass is 569 g/mol. The van der Waals surface area contributed by atoms with E-state index in [1.165, 1.54) is 23.5 Å². The molecule has 1 aliphatic rings. The zero-order valence-electron chi connectivity index (χ0n) is 22.1. The molecule has 0 spiro atoms. The number of alkyl halides is 3. The van der Waals surface area contributed by atoms with Crippen LogP contribution in [0.2, 0.25) is 0 Å². The highest BCUT2D eigenvalue weighted by Gasteiger charge is 2.34. The Balaban J connectivity index is 1.72. The third-order valence-corrected chi connectivity index (χ3v) is 7.87. The van der Waals surface area contributed by atoms with Crippen LogP contribution >= 0.6 is 11.3 Å². The minimum atomic E-state index is -4.81. The molecule has 0 saturated heterocycles. The topological polar surface area (TPSA) is 108 Å². The van der Waals surface area contributed by atoms with E-state index in [4.69, 9.17) is 5.11 Å². The second-order valence-electron chi connectivity index (χ2n) is 10.7. The lowest BCUT2D eigenvalue weighted by Gasteiger charge is -2.41. The average molecular weight is 570 g/mol. The van der Waals surface area contributed by atoms with E-state index in [0.717, 1.165) is 42.7 Å². The minimum absolute atomic E-state index is 0.0136. The number of urea groups is 1. The molecule has 0 radical (unpaired) electrons. The smallest absolute Gasteiger partial charge is 0.481 e. The van der Waals surface area contributed by atoms with Crippen LogP contribution in [0.5, 0.6) is 5.75 Å². The Morgan fingerprint density at radius 3 is 2.23 bits per heavy atom. The number of hydrogen-bond acceptors (Lipinski definition) is 5. The second-order valence-corrected chi connectivity index (χ2v) is 11.8. The molecule has 0 atom stereocenters. The van der Waals surface area contributed by atoms with Gasteiger partial charge in [0, 0.05) is 23.2 Å². The molecule has 1 aromatic heterocycles. The van der Waals surface area contributed by atoms with E-state index in [-0.39, 0.29) is 48.7 Å². The summed E-state index contributed by atoms with van der Waals surface area (Å²) in [5.41, 5.74) is 0.488. The van der Waals surface area contributed by atoms with Gasteiger partial charge in [-0.05, 0) is 73.4 Å². The summed E-state index contributed by atoms with van der Waals surface area (Å²) < 4.78 is 41.3. The lowest BCUT2D eigenvalue weighted by atomic mass is 9.71. The van der Waals surface area contributed by atoms with Crippen LogP contribution < -0.4 is 15.4 Å². The number of benzene rings is 1. The summed E-state index contributed by atoms with van der Waals surface area (Å²) in [6.07, 6.45) is -1.45. The van der Waals surface area contributed by atoms with Crippen LogP contribution in [0.25, 0.3) is 0 Å². The van der Waals surface area contributed by atoms with Gasteiger partial charge in [0.25, 0.3) is 5.91 Å². The van der Waals surface area contributed by atoms with Gasteiger partial charge < -0.3 is 25.4 Å². The van der Waals surface area contributed by atoms with Crippen molar-refractivity contribution in [3.8, 4) is 5.75 Å². The van der Waals surface area contributed by atoms with Gasteiger partial charge in [-0.3, -0.25) is 9.59 Å². The highest BCUT2D eigenvalue weighted by atomic mass is 32.1. The molecule has 1 aromatic carbocycles. The Bertz CT molecular complexity index is 1140. The van der Waals surface area contributed by atoms with Crippen LogP contribution in [0.1, 0.15) is 67.4 Å². The number of nitrogens with one attached hydrogen (secondary N) is 2. The minimum Gasteiger partial charge on any atom is -0.481 e. The molecular formula is C27H34F3N3O5S. The molecule has 8 nitrogen and oxygen atoms in total. The maximum atomic E-state index is 13.4. The summed E-state index contributed by atoms with van der Waals surface area (Å²) in [7, 11) is 0. The van der Waals surface area contributed by atoms with Gasteiger partial charge >= 0.3 is 18.4 Å². The van der Waals surface area contributed by atoms with Gasteiger partial charge in [0.15, 0.2) is 0 Å². The molecule has 39 heavy (non-hydrogen) atoms. The fourth-order valence-electron chi connectivity index (χ4n) is 4.68. The summed E-state index contributed by atoms with van der Waals surface area (Å²) in [5.74, 6) is -1.24. The number of thiophene rings is 1. The van der Waals surface area contributed by atoms with Crippen LogP contribution in [0.15, 0.2) is 36.4 Å². The molecule has 0 aliphatic heterocycles. The zero-order valence-corrected chi connectivity index (χ0v) is 23.0. The van der Waals surface area contributed by atoms with Crippen molar-refractivity contribution in [1.29, 1.82) is 0 Å². The van der Waals surface area contributed by atoms with Gasteiger partial charge in [0.2, 0.25) is 0 Å². The largest absolute Gasteiger partial charge is 0.573 e.